The quantitative estimate of drug-likeness (QED) is 0.375. The molecule has 1 atom stereocenters. The van der Waals surface area contributed by atoms with Gasteiger partial charge in [0.1, 0.15) is 0 Å². The van der Waals surface area contributed by atoms with Gasteiger partial charge in [0.15, 0.2) is 11.5 Å². The first-order chi connectivity index (χ1) is 12.8. The first-order valence-electron chi connectivity index (χ1n) is 8.28. The molecule has 0 bridgehead atoms. The maximum Gasteiger partial charge on any atom is 0.337 e. The summed E-state index contributed by atoms with van der Waals surface area (Å²) in [6.45, 7) is 1.95. The number of rotatable bonds is 7. The molecule has 2 rings (SSSR count). The Morgan fingerprint density at radius 1 is 1.37 bits per heavy atom. The van der Waals surface area contributed by atoms with Gasteiger partial charge < -0.3 is 25.2 Å². The first kappa shape index (κ1) is 20.0. The number of allylic oxidation sites excluding steroid dienone is 1. The minimum atomic E-state index is -1.13. The molecule has 0 radical (unpaired) electrons. The minimum Gasteiger partial charge on any atom is -0.504 e. The van der Waals surface area contributed by atoms with Crippen molar-refractivity contribution in [1.29, 1.82) is 0 Å². The number of phenolic OH excluding ortho intramolecular Hbond substituents is 1. The number of urea groups is 1. The maximum absolute atomic E-state index is 12.4. The molecule has 146 valence electrons. The molecule has 1 aromatic rings. The third-order valence-corrected chi connectivity index (χ3v) is 4.17. The zero-order valence-electron chi connectivity index (χ0n) is 15.2. The number of benzene rings is 1. The van der Waals surface area contributed by atoms with Gasteiger partial charge in [-0.15, -0.1) is 0 Å². The van der Waals surface area contributed by atoms with E-state index in [1.807, 2.05) is 6.92 Å². The summed E-state index contributed by atoms with van der Waals surface area (Å²) in [5.74, 6) is -1.28. The first-order valence-corrected chi connectivity index (χ1v) is 8.28. The number of ether oxygens (including phenoxy) is 2. The molecule has 1 unspecified atom stereocenters. The number of amides is 2. The number of nitro benzene ring substituents is 1. The van der Waals surface area contributed by atoms with Gasteiger partial charge in [-0.1, -0.05) is 13.3 Å². The molecule has 0 fully saturated rings. The van der Waals surface area contributed by atoms with E-state index in [-0.39, 0.29) is 22.6 Å². The molecule has 3 N–H and O–H groups in total. The van der Waals surface area contributed by atoms with E-state index in [2.05, 4.69) is 10.6 Å². The number of carbonyl (C=O) groups excluding carboxylic acids is 2. The fraction of sp³-hybridized carbons (Fsp3) is 0.412. The molecular formula is C17H21N3O7. The highest BCUT2D eigenvalue weighted by Gasteiger charge is 2.36. The van der Waals surface area contributed by atoms with Crippen molar-refractivity contribution in [1.82, 2.24) is 10.6 Å². The summed E-state index contributed by atoms with van der Waals surface area (Å²) in [5, 5.41) is 26.8. The molecule has 1 aromatic carbocycles. The number of carbonyl (C=O) groups is 2. The van der Waals surface area contributed by atoms with Crippen LogP contribution >= 0.6 is 0 Å². The number of unbranched alkanes of at least 4 members (excludes halogenated alkanes) is 1. The number of nitro groups is 1. The highest BCUT2D eigenvalue weighted by Crippen LogP contribution is 2.41. The predicted octanol–water partition coefficient (Wildman–Crippen LogP) is 2.28. The lowest BCUT2D eigenvalue weighted by molar-refractivity contribution is -0.385. The average molecular weight is 379 g/mol. The van der Waals surface area contributed by atoms with E-state index in [0.29, 0.717) is 18.5 Å². The Kier molecular flexibility index (Phi) is 6.22. The third kappa shape index (κ3) is 4.10. The molecule has 0 aliphatic carbocycles. The molecule has 27 heavy (non-hydrogen) atoms. The van der Waals surface area contributed by atoms with Crippen molar-refractivity contribution in [3.8, 4) is 11.5 Å². The van der Waals surface area contributed by atoms with Gasteiger partial charge in [-0.2, -0.15) is 0 Å². The van der Waals surface area contributed by atoms with Crippen LogP contribution in [0, 0.1) is 10.1 Å². The fourth-order valence-corrected chi connectivity index (χ4v) is 2.85. The lowest BCUT2D eigenvalue weighted by Gasteiger charge is -2.29. The highest BCUT2D eigenvalue weighted by molar-refractivity contribution is 5.95. The van der Waals surface area contributed by atoms with Gasteiger partial charge in [-0.3, -0.25) is 10.1 Å². The number of phenols is 1. The van der Waals surface area contributed by atoms with Crippen LogP contribution in [0.4, 0.5) is 10.5 Å². The SMILES string of the molecule is CCCCC1=C(C(=O)OC)C(c2cc([N+](=O)[O-])cc(OC)c2O)NC(=O)N1. The number of non-ortho nitro benzene ring substituents is 1. The van der Waals surface area contributed by atoms with Gasteiger partial charge in [0.2, 0.25) is 0 Å². The van der Waals surface area contributed by atoms with Crippen molar-refractivity contribution in [3.05, 3.63) is 39.1 Å². The van der Waals surface area contributed by atoms with Crippen molar-refractivity contribution in [2.45, 2.75) is 32.2 Å². The second-order valence-electron chi connectivity index (χ2n) is 5.86. The Morgan fingerprint density at radius 3 is 2.63 bits per heavy atom. The zero-order valence-corrected chi connectivity index (χ0v) is 15.2. The molecular weight excluding hydrogens is 358 g/mol. The molecule has 0 saturated carbocycles. The second kappa shape index (κ2) is 8.39. The monoisotopic (exact) mass is 379 g/mol. The Morgan fingerprint density at radius 2 is 2.07 bits per heavy atom. The molecule has 10 nitrogen and oxygen atoms in total. The van der Waals surface area contributed by atoms with E-state index in [4.69, 9.17) is 9.47 Å². The van der Waals surface area contributed by atoms with Gasteiger partial charge >= 0.3 is 12.0 Å². The Labute approximate surface area is 155 Å². The van der Waals surface area contributed by atoms with E-state index in [1.165, 1.54) is 14.2 Å². The van der Waals surface area contributed by atoms with E-state index < -0.39 is 28.7 Å². The molecule has 1 heterocycles. The summed E-state index contributed by atoms with van der Waals surface area (Å²) in [6, 6.07) is 0.422. The van der Waals surface area contributed by atoms with Crippen molar-refractivity contribution in [3.63, 3.8) is 0 Å². The average Bonchev–Trinajstić information content (AvgIpc) is 2.65. The Bertz CT molecular complexity index is 804. The third-order valence-electron chi connectivity index (χ3n) is 4.17. The lowest BCUT2D eigenvalue weighted by Crippen LogP contribution is -2.46. The van der Waals surface area contributed by atoms with E-state index >= 15 is 0 Å². The van der Waals surface area contributed by atoms with Crippen molar-refractivity contribution in [2.75, 3.05) is 14.2 Å². The van der Waals surface area contributed by atoms with Gasteiger partial charge in [0, 0.05) is 17.3 Å². The number of nitrogens with one attached hydrogen (secondary N) is 2. The molecule has 0 spiro atoms. The maximum atomic E-state index is 12.4. The zero-order chi connectivity index (χ0) is 20.1. The number of hydrogen-bond donors (Lipinski definition) is 3. The van der Waals surface area contributed by atoms with Crippen LogP contribution < -0.4 is 15.4 Å². The smallest absolute Gasteiger partial charge is 0.337 e. The highest BCUT2D eigenvalue weighted by atomic mass is 16.6. The Balaban J connectivity index is 2.69. The van der Waals surface area contributed by atoms with Gasteiger partial charge in [0.05, 0.1) is 36.8 Å². The standard InChI is InChI=1S/C17H21N3O7/c1-4-5-6-11-13(16(22)27-3)14(19-17(23)18-11)10-7-9(20(24)25)8-12(26-2)15(10)21/h7-8,14,21H,4-6H2,1-3H3,(H2,18,19,23). The molecule has 1 aliphatic heterocycles. The van der Waals surface area contributed by atoms with Crippen LogP contribution in [0.2, 0.25) is 0 Å². The van der Waals surface area contributed by atoms with E-state index in [9.17, 15) is 24.8 Å². The number of methoxy groups -OCH3 is 2. The van der Waals surface area contributed by atoms with Crippen LogP contribution in [0.3, 0.4) is 0 Å². The number of nitrogens with zero attached hydrogens (tertiary/aromatic N) is 1. The van der Waals surface area contributed by atoms with Gasteiger partial charge in [0.25, 0.3) is 5.69 Å². The summed E-state index contributed by atoms with van der Waals surface area (Å²) < 4.78 is 9.82. The van der Waals surface area contributed by atoms with Crippen LogP contribution in [-0.2, 0) is 9.53 Å². The largest absolute Gasteiger partial charge is 0.504 e. The molecule has 0 saturated heterocycles. The van der Waals surface area contributed by atoms with Crippen molar-refractivity contribution in [2.24, 2.45) is 0 Å². The summed E-state index contributed by atoms with van der Waals surface area (Å²) in [6.07, 6.45) is 1.92. The molecule has 10 heteroatoms. The van der Waals surface area contributed by atoms with Crippen molar-refractivity contribution < 1.29 is 29.1 Å². The van der Waals surface area contributed by atoms with Crippen LogP contribution in [-0.4, -0.2) is 36.2 Å². The molecule has 1 aliphatic rings. The normalized spacial score (nSPS) is 16.4. The summed E-state index contributed by atoms with van der Waals surface area (Å²) in [7, 11) is 2.43. The lowest BCUT2D eigenvalue weighted by atomic mass is 9.92. The second-order valence-corrected chi connectivity index (χ2v) is 5.86. The number of esters is 1. The Hall–Kier alpha value is -3.30. The molecule has 0 aromatic heterocycles. The van der Waals surface area contributed by atoms with Crippen LogP contribution in [0.5, 0.6) is 11.5 Å². The predicted molar refractivity (Wildman–Crippen MR) is 94.3 cm³/mol. The van der Waals surface area contributed by atoms with E-state index in [1.54, 1.807) is 0 Å². The minimum absolute atomic E-state index is 0.0368. The molecule has 2 amide bonds. The van der Waals surface area contributed by atoms with Crippen LogP contribution in [0.1, 0.15) is 37.8 Å². The topological polar surface area (TPSA) is 140 Å². The summed E-state index contributed by atoms with van der Waals surface area (Å²) >= 11 is 0. The van der Waals surface area contributed by atoms with Gasteiger partial charge in [-0.25, -0.2) is 9.59 Å². The van der Waals surface area contributed by atoms with Crippen LogP contribution in [0.15, 0.2) is 23.4 Å². The number of aromatic hydroxyl groups is 1. The number of hydrogen-bond acceptors (Lipinski definition) is 7. The summed E-state index contributed by atoms with van der Waals surface area (Å²) in [5.41, 5.74) is 0.0304. The van der Waals surface area contributed by atoms with Crippen molar-refractivity contribution >= 4 is 17.7 Å². The van der Waals surface area contributed by atoms with Crippen LogP contribution in [0.25, 0.3) is 0 Å². The van der Waals surface area contributed by atoms with E-state index in [0.717, 1.165) is 18.6 Å². The summed E-state index contributed by atoms with van der Waals surface area (Å²) in [4.78, 5) is 35.1. The van der Waals surface area contributed by atoms with Gasteiger partial charge in [-0.05, 0) is 12.8 Å². The fourth-order valence-electron chi connectivity index (χ4n) is 2.85.